The quantitative estimate of drug-likeness (QED) is 0.734. The van der Waals surface area contributed by atoms with Crippen LogP contribution in [0.5, 0.6) is 17.4 Å². The highest BCUT2D eigenvalue weighted by molar-refractivity contribution is 6.30. The maximum absolute atomic E-state index is 5.91. The number of hydrogen-bond donors (Lipinski definition) is 1. The molecule has 0 aliphatic carbocycles. The summed E-state index contributed by atoms with van der Waals surface area (Å²) in [7, 11) is 1.62. The minimum absolute atomic E-state index is 0.462. The van der Waals surface area contributed by atoms with Crippen LogP contribution in [0, 0.1) is 0 Å². The summed E-state index contributed by atoms with van der Waals surface area (Å²) >= 11 is 5.89. The van der Waals surface area contributed by atoms with Crippen LogP contribution >= 0.6 is 11.6 Å². The molecule has 2 N–H and O–H groups in total. The van der Waals surface area contributed by atoms with E-state index in [4.69, 9.17) is 26.8 Å². The van der Waals surface area contributed by atoms with Crippen molar-refractivity contribution < 1.29 is 9.47 Å². The van der Waals surface area contributed by atoms with Gasteiger partial charge in [0.25, 0.3) is 0 Å². The number of methoxy groups -OCH3 is 1. The van der Waals surface area contributed by atoms with Gasteiger partial charge in [0.1, 0.15) is 5.75 Å². The van der Waals surface area contributed by atoms with Crippen LogP contribution in [0.4, 0.5) is 5.69 Å². The van der Waals surface area contributed by atoms with Crippen LogP contribution in [0.3, 0.4) is 0 Å². The number of nitrogens with two attached hydrogens (primary N) is 1. The lowest BCUT2D eigenvalue weighted by molar-refractivity contribution is 0.415. The second kappa shape index (κ2) is 5.50. The monoisotopic (exact) mass is 300 g/mol. The molecule has 0 amide bonds. The van der Waals surface area contributed by atoms with E-state index in [1.165, 1.54) is 0 Å². The Labute approximate surface area is 127 Å². The van der Waals surface area contributed by atoms with Crippen LogP contribution in [0.15, 0.2) is 48.7 Å². The van der Waals surface area contributed by atoms with Gasteiger partial charge in [0.05, 0.1) is 12.8 Å². The number of benzene rings is 2. The van der Waals surface area contributed by atoms with E-state index < -0.39 is 0 Å². The Bertz CT molecular complexity index is 805. The van der Waals surface area contributed by atoms with Crippen LogP contribution in [0.25, 0.3) is 10.8 Å². The third-order valence-corrected chi connectivity index (χ3v) is 3.35. The van der Waals surface area contributed by atoms with Gasteiger partial charge >= 0.3 is 0 Å². The van der Waals surface area contributed by atoms with Crippen molar-refractivity contribution >= 4 is 28.1 Å². The molecular formula is C16H13ClN2O2. The molecule has 2 aromatic carbocycles. The Hall–Kier alpha value is -2.46. The molecule has 0 unspecified atom stereocenters. The van der Waals surface area contributed by atoms with Gasteiger partial charge in [0, 0.05) is 16.6 Å². The van der Waals surface area contributed by atoms with Crippen LogP contribution in [0.2, 0.25) is 5.02 Å². The van der Waals surface area contributed by atoms with Gasteiger partial charge in [-0.05, 0) is 41.8 Å². The molecule has 106 valence electrons. The van der Waals surface area contributed by atoms with Crippen LogP contribution in [-0.4, -0.2) is 12.1 Å². The zero-order valence-corrected chi connectivity index (χ0v) is 12.1. The lowest BCUT2D eigenvalue weighted by atomic mass is 10.1. The zero-order valence-electron chi connectivity index (χ0n) is 11.3. The van der Waals surface area contributed by atoms with Crippen molar-refractivity contribution in [2.24, 2.45) is 0 Å². The predicted molar refractivity (Wildman–Crippen MR) is 84.2 cm³/mol. The van der Waals surface area contributed by atoms with Crippen molar-refractivity contribution in [3.8, 4) is 17.4 Å². The first kappa shape index (κ1) is 13.5. The van der Waals surface area contributed by atoms with E-state index in [0.717, 1.165) is 16.5 Å². The number of nitrogen functional groups attached to an aromatic ring is 1. The first-order chi connectivity index (χ1) is 10.2. The van der Waals surface area contributed by atoms with Crippen molar-refractivity contribution in [3.63, 3.8) is 0 Å². The molecule has 0 atom stereocenters. The Morgan fingerprint density at radius 3 is 2.71 bits per heavy atom. The highest BCUT2D eigenvalue weighted by Crippen LogP contribution is 2.33. The molecule has 0 radical (unpaired) electrons. The topological polar surface area (TPSA) is 57.4 Å². The van der Waals surface area contributed by atoms with Gasteiger partial charge in [0.2, 0.25) is 5.88 Å². The standard InChI is InChI=1S/C16H13ClN2O2/c1-20-12-4-2-10-6-7-19-16(13(10)9-12)21-15-5-3-11(17)8-14(15)18/h2-9H,18H2,1H3. The molecule has 1 heterocycles. The number of rotatable bonds is 3. The SMILES string of the molecule is COc1ccc2ccnc(Oc3ccc(Cl)cc3N)c2c1. The summed E-state index contributed by atoms with van der Waals surface area (Å²) in [6.07, 6.45) is 1.69. The average Bonchev–Trinajstić information content (AvgIpc) is 2.50. The Morgan fingerprint density at radius 2 is 1.95 bits per heavy atom. The van der Waals surface area contributed by atoms with Gasteiger partial charge in [-0.3, -0.25) is 0 Å². The second-order valence-corrected chi connectivity index (χ2v) is 4.92. The van der Waals surface area contributed by atoms with Gasteiger partial charge in [-0.25, -0.2) is 4.98 Å². The molecule has 21 heavy (non-hydrogen) atoms. The van der Waals surface area contributed by atoms with E-state index in [-0.39, 0.29) is 0 Å². The van der Waals surface area contributed by atoms with Gasteiger partial charge in [0.15, 0.2) is 5.75 Å². The molecule has 4 nitrogen and oxygen atoms in total. The van der Waals surface area contributed by atoms with Crippen LogP contribution in [0.1, 0.15) is 0 Å². The third-order valence-electron chi connectivity index (χ3n) is 3.12. The van der Waals surface area contributed by atoms with Crippen molar-refractivity contribution in [1.29, 1.82) is 0 Å². The number of anilines is 1. The fraction of sp³-hybridized carbons (Fsp3) is 0.0625. The Morgan fingerprint density at radius 1 is 1.10 bits per heavy atom. The van der Waals surface area contributed by atoms with E-state index >= 15 is 0 Å². The number of aromatic nitrogens is 1. The normalized spacial score (nSPS) is 10.6. The fourth-order valence-corrected chi connectivity index (χ4v) is 2.23. The number of pyridine rings is 1. The van der Waals surface area contributed by atoms with Gasteiger partial charge < -0.3 is 15.2 Å². The van der Waals surface area contributed by atoms with Gasteiger partial charge in [-0.2, -0.15) is 0 Å². The molecule has 5 heteroatoms. The molecule has 0 saturated heterocycles. The van der Waals surface area contributed by atoms with Crippen LogP contribution < -0.4 is 15.2 Å². The Balaban J connectivity index is 2.07. The van der Waals surface area contributed by atoms with Crippen LogP contribution in [-0.2, 0) is 0 Å². The number of fused-ring (bicyclic) bond motifs is 1. The largest absolute Gasteiger partial charge is 0.497 e. The van der Waals surface area contributed by atoms with Crippen molar-refractivity contribution in [2.45, 2.75) is 0 Å². The van der Waals surface area contributed by atoms with Gasteiger partial charge in [-0.15, -0.1) is 0 Å². The number of halogens is 1. The predicted octanol–water partition coefficient (Wildman–Crippen LogP) is 4.27. The summed E-state index contributed by atoms with van der Waals surface area (Å²) < 4.78 is 11.1. The molecule has 0 bridgehead atoms. The summed E-state index contributed by atoms with van der Waals surface area (Å²) in [5, 5.41) is 2.42. The molecule has 0 aliphatic heterocycles. The lowest BCUT2D eigenvalue weighted by Crippen LogP contribution is -1.94. The van der Waals surface area contributed by atoms with E-state index in [9.17, 15) is 0 Å². The zero-order chi connectivity index (χ0) is 14.8. The van der Waals surface area contributed by atoms with Crippen molar-refractivity contribution in [2.75, 3.05) is 12.8 Å². The number of ether oxygens (including phenoxy) is 2. The first-order valence-corrected chi connectivity index (χ1v) is 6.71. The molecular weight excluding hydrogens is 288 g/mol. The number of nitrogens with zero attached hydrogens (tertiary/aromatic N) is 1. The Kier molecular flexibility index (Phi) is 3.54. The molecule has 0 saturated carbocycles. The summed E-state index contributed by atoms with van der Waals surface area (Å²) in [5.41, 5.74) is 6.37. The van der Waals surface area contributed by atoms with Gasteiger partial charge in [-0.1, -0.05) is 17.7 Å². The maximum atomic E-state index is 5.91. The highest BCUT2D eigenvalue weighted by Gasteiger charge is 2.09. The highest BCUT2D eigenvalue weighted by atomic mass is 35.5. The summed E-state index contributed by atoms with van der Waals surface area (Å²) in [5.74, 6) is 1.73. The first-order valence-electron chi connectivity index (χ1n) is 6.33. The maximum Gasteiger partial charge on any atom is 0.227 e. The smallest absolute Gasteiger partial charge is 0.227 e. The minimum Gasteiger partial charge on any atom is -0.497 e. The molecule has 3 aromatic rings. The van der Waals surface area contributed by atoms with E-state index in [1.807, 2.05) is 24.3 Å². The van der Waals surface area contributed by atoms with E-state index in [2.05, 4.69) is 4.98 Å². The third kappa shape index (κ3) is 2.71. The van der Waals surface area contributed by atoms with E-state index in [0.29, 0.717) is 22.3 Å². The summed E-state index contributed by atoms with van der Waals surface area (Å²) in [6.45, 7) is 0. The molecule has 3 rings (SSSR count). The fourth-order valence-electron chi connectivity index (χ4n) is 2.05. The summed E-state index contributed by atoms with van der Waals surface area (Å²) in [6, 6.07) is 12.7. The number of hydrogen-bond acceptors (Lipinski definition) is 4. The van der Waals surface area contributed by atoms with E-state index in [1.54, 1.807) is 31.5 Å². The minimum atomic E-state index is 0.462. The molecule has 0 fully saturated rings. The van der Waals surface area contributed by atoms with Crippen molar-refractivity contribution in [3.05, 3.63) is 53.7 Å². The molecule has 0 aliphatic rings. The average molecular weight is 301 g/mol. The second-order valence-electron chi connectivity index (χ2n) is 4.49. The molecule has 1 aromatic heterocycles. The van der Waals surface area contributed by atoms with Crippen molar-refractivity contribution in [1.82, 2.24) is 4.98 Å². The summed E-state index contributed by atoms with van der Waals surface area (Å²) in [4.78, 5) is 4.27. The lowest BCUT2D eigenvalue weighted by Gasteiger charge is -2.10. The molecule has 0 spiro atoms.